The van der Waals surface area contributed by atoms with Gasteiger partial charge in [-0.2, -0.15) is 0 Å². The van der Waals surface area contributed by atoms with Crippen LogP contribution in [0, 0.1) is 5.92 Å². The molecule has 2 nitrogen and oxygen atoms in total. The first kappa shape index (κ1) is 13.0. The third-order valence-corrected chi connectivity index (χ3v) is 3.61. The van der Waals surface area contributed by atoms with Crippen molar-refractivity contribution in [2.24, 2.45) is 5.92 Å². The molecule has 15 heavy (non-hydrogen) atoms. The zero-order chi connectivity index (χ0) is 11.1. The molecule has 1 fully saturated rings. The Labute approximate surface area is 95.4 Å². The smallest absolute Gasteiger partial charge is 0.00670 e. The highest BCUT2D eigenvalue weighted by molar-refractivity contribution is 4.75. The maximum absolute atomic E-state index is 3.68. The summed E-state index contributed by atoms with van der Waals surface area (Å²) in [5, 5.41) is 3.68. The quantitative estimate of drug-likeness (QED) is 0.681. The minimum atomic E-state index is 0.729. The highest BCUT2D eigenvalue weighted by Crippen LogP contribution is 2.26. The predicted octanol–water partition coefficient (Wildman–Crippen LogP) is 2.50. The zero-order valence-corrected chi connectivity index (χ0v) is 10.8. The van der Waals surface area contributed by atoms with E-state index in [9.17, 15) is 0 Å². The minimum absolute atomic E-state index is 0.729. The maximum atomic E-state index is 3.68. The second-order valence-corrected chi connectivity index (χ2v) is 5.30. The van der Waals surface area contributed by atoms with Crippen molar-refractivity contribution in [3.8, 4) is 0 Å². The van der Waals surface area contributed by atoms with Crippen LogP contribution in [0.2, 0.25) is 0 Å². The van der Waals surface area contributed by atoms with Crippen molar-refractivity contribution in [2.75, 3.05) is 27.2 Å². The van der Waals surface area contributed by atoms with Crippen LogP contribution in [0.3, 0.4) is 0 Å². The van der Waals surface area contributed by atoms with Crippen LogP contribution in [0.15, 0.2) is 0 Å². The van der Waals surface area contributed by atoms with Gasteiger partial charge in [-0.15, -0.1) is 0 Å². The van der Waals surface area contributed by atoms with Gasteiger partial charge in [0.1, 0.15) is 0 Å². The number of nitrogens with zero attached hydrogens (tertiary/aromatic N) is 1. The summed E-state index contributed by atoms with van der Waals surface area (Å²) in [7, 11) is 4.29. The molecule has 0 heterocycles. The second-order valence-electron chi connectivity index (χ2n) is 5.30. The van der Waals surface area contributed by atoms with Crippen LogP contribution in [0.25, 0.3) is 0 Å². The lowest BCUT2D eigenvalue weighted by molar-refractivity contribution is 0.277. The van der Waals surface area contributed by atoms with Gasteiger partial charge < -0.3 is 10.2 Å². The molecule has 1 saturated carbocycles. The van der Waals surface area contributed by atoms with Gasteiger partial charge in [0, 0.05) is 6.04 Å². The van der Waals surface area contributed by atoms with E-state index in [2.05, 4.69) is 31.2 Å². The molecule has 0 spiro atoms. The summed E-state index contributed by atoms with van der Waals surface area (Å²) in [6, 6.07) is 0.729. The molecule has 1 aliphatic rings. The number of rotatable bonds is 6. The molecular weight excluding hydrogens is 184 g/mol. The Kier molecular flexibility index (Phi) is 6.26. The van der Waals surface area contributed by atoms with Gasteiger partial charge >= 0.3 is 0 Å². The van der Waals surface area contributed by atoms with Crippen molar-refractivity contribution in [2.45, 2.75) is 51.5 Å². The first-order chi connectivity index (χ1) is 7.20. The molecule has 0 unspecified atom stereocenters. The maximum Gasteiger partial charge on any atom is 0.00670 e. The Balaban J connectivity index is 2.04. The summed E-state index contributed by atoms with van der Waals surface area (Å²) in [5.74, 6) is 0.943. The average Bonchev–Trinajstić information content (AvgIpc) is 2.25. The summed E-state index contributed by atoms with van der Waals surface area (Å²) in [6.45, 7) is 4.74. The molecule has 0 aromatic carbocycles. The van der Waals surface area contributed by atoms with Crippen LogP contribution in [-0.2, 0) is 0 Å². The third-order valence-electron chi connectivity index (χ3n) is 3.61. The second kappa shape index (κ2) is 7.24. The fraction of sp³-hybridized carbons (Fsp3) is 1.00. The number of hydrogen-bond donors (Lipinski definition) is 1. The first-order valence-electron chi connectivity index (χ1n) is 6.58. The van der Waals surface area contributed by atoms with Crippen molar-refractivity contribution in [1.29, 1.82) is 0 Å². The molecule has 0 amide bonds. The normalized spacial score (nSPS) is 20.8. The van der Waals surface area contributed by atoms with E-state index in [0.29, 0.717) is 0 Å². The Hall–Kier alpha value is -0.0800. The minimum Gasteiger partial charge on any atom is -0.314 e. The van der Waals surface area contributed by atoms with E-state index >= 15 is 0 Å². The van der Waals surface area contributed by atoms with Gasteiger partial charge in [0.15, 0.2) is 0 Å². The van der Waals surface area contributed by atoms with E-state index in [4.69, 9.17) is 0 Å². The number of nitrogens with one attached hydrogen (secondary N) is 1. The average molecular weight is 212 g/mol. The highest BCUT2D eigenvalue weighted by Gasteiger charge is 2.18. The van der Waals surface area contributed by atoms with Crippen LogP contribution in [0.4, 0.5) is 0 Å². The molecule has 0 aromatic heterocycles. The molecule has 1 N–H and O–H groups in total. The van der Waals surface area contributed by atoms with E-state index in [0.717, 1.165) is 12.0 Å². The van der Waals surface area contributed by atoms with Gasteiger partial charge in [-0.3, -0.25) is 0 Å². The predicted molar refractivity (Wildman–Crippen MR) is 67.2 cm³/mol. The molecule has 1 atom stereocenters. The van der Waals surface area contributed by atoms with Crippen molar-refractivity contribution < 1.29 is 0 Å². The monoisotopic (exact) mass is 212 g/mol. The SMILES string of the molecule is C[C@@H](NCCCN(C)C)C1CCCCC1. The Morgan fingerprint density at radius 3 is 2.47 bits per heavy atom. The lowest BCUT2D eigenvalue weighted by atomic mass is 9.84. The zero-order valence-electron chi connectivity index (χ0n) is 10.8. The Morgan fingerprint density at radius 1 is 1.20 bits per heavy atom. The van der Waals surface area contributed by atoms with Crippen molar-refractivity contribution in [3.63, 3.8) is 0 Å². The molecule has 90 valence electrons. The molecule has 0 radical (unpaired) electrons. The van der Waals surface area contributed by atoms with E-state index < -0.39 is 0 Å². The Morgan fingerprint density at radius 2 is 1.87 bits per heavy atom. The Bertz CT molecular complexity index is 151. The summed E-state index contributed by atoms with van der Waals surface area (Å²) in [5.41, 5.74) is 0. The van der Waals surface area contributed by atoms with E-state index in [1.165, 1.54) is 51.6 Å². The van der Waals surface area contributed by atoms with Crippen LogP contribution < -0.4 is 5.32 Å². The van der Waals surface area contributed by atoms with Crippen LogP contribution in [-0.4, -0.2) is 38.1 Å². The highest BCUT2D eigenvalue weighted by atomic mass is 15.1. The standard InChI is InChI=1S/C13H28N2/c1-12(13-8-5-4-6-9-13)14-10-7-11-15(2)3/h12-14H,4-11H2,1-3H3/t12-/m1/s1. The van der Waals surface area contributed by atoms with Crippen LogP contribution in [0.1, 0.15) is 45.4 Å². The number of hydrogen-bond acceptors (Lipinski definition) is 2. The van der Waals surface area contributed by atoms with Crippen molar-refractivity contribution in [1.82, 2.24) is 10.2 Å². The summed E-state index contributed by atoms with van der Waals surface area (Å²) in [4.78, 5) is 2.26. The first-order valence-corrected chi connectivity index (χ1v) is 6.58. The molecule has 0 bridgehead atoms. The fourth-order valence-electron chi connectivity index (χ4n) is 2.53. The molecule has 2 heteroatoms. The van der Waals surface area contributed by atoms with Gasteiger partial charge in [0.2, 0.25) is 0 Å². The molecule has 0 saturated heterocycles. The van der Waals surface area contributed by atoms with Crippen molar-refractivity contribution in [3.05, 3.63) is 0 Å². The fourth-order valence-corrected chi connectivity index (χ4v) is 2.53. The van der Waals surface area contributed by atoms with E-state index in [1.807, 2.05) is 0 Å². The molecule has 1 rings (SSSR count). The van der Waals surface area contributed by atoms with Crippen LogP contribution in [0.5, 0.6) is 0 Å². The van der Waals surface area contributed by atoms with Crippen molar-refractivity contribution >= 4 is 0 Å². The van der Waals surface area contributed by atoms with Gasteiger partial charge in [-0.1, -0.05) is 19.3 Å². The molecule has 0 aromatic rings. The van der Waals surface area contributed by atoms with Crippen LogP contribution >= 0.6 is 0 Å². The molecule has 0 aliphatic heterocycles. The topological polar surface area (TPSA) is 15.3 Å². The largest absolute Gasteiger partial charge is 0.314 e. The summed E-state index contributed by atoms with van der Waals surface area (Å²) in [6.07, 6.45) is 8.53. The summed E-state index contributed by atoms with van der Waals surface area (Å²) < 4.78 is 0. The summed E-state index contributed by atoms with van der Waals surface area (Å²) >= 11 is 0. The van der Waals surface area contributed by atoms with Gasteiger partial charge in [-0.05, 0) is 59.3 Å². The van der Waals surface area contributed by atoms with E-state index in [-0.39, 0.29) is 0 Å². The van der Waals surface area contributed by atoms with E-state index in [1.54, 1.807) is 0 Å². The molecule has 1 aliphatic carbocycles. The van der Waals surface area contributed by atoms with Gasteiger partial charge in [-0.25, -0.2) is 0 Å². The molecular formula is C13H28N2. The lowest BCUT2D eigenvalue weighted by Crippen LogP contribution is -2.36. The third kappa shape index (κ3) is 5.53. The lowest BCUT2D eigenvalue weighted by Gasteiger charge is -2.28. The van der Waals surface area contributed by atoms with Gasteiger partial charge in [0.05, 0.1) is 0 Å². The van der Waals surface area contributed by atoms with Gasteiger partial charge in [0.25, 0.3) is 0 Å².